The lowest BCUT2D eigenvalue weighted by Gasteiger charge is -2.16. The van der Waals surface area contributed by atoms with Gasteiger partial charge in [0.2, 0.25) is 0 Å². The second-order valence-corrected chi connectivity index (χ2v) is 9.10. The number of hydrogen-bond donors (Lipinski definition) is 1. The molecule has 5 rings (SSSR count). The lowest BCUT2D eigenvalue weighted by atomic mass is 9.90. The van der Waals surface area contributed by atoms with Gasteiger partial charge in [-0.2, -0.15) is 4.68 Å². The maximum atomic E-state index is 15.3. The van der Waals surface area contributed by atoms with Gasteiger partial charge >= 0.3 is 0 Å². The molecule has 6 nitrogen and oxygen atoms in total. The van der Waals surface area contributed by atoms with E-state index in [2.05, 4.69) is 32.1 Å². The van der Waals surface area contributed by atoms with E-state index < -0.39 is 5.82 Å². The van der Waals surface area contributed by atoms with Gasteiger partial charge in [0.1, 0.15) is 18.0 Å². The van der Waals surface area contributed by atoms with Gasteiger partial charge in [-0.1, -0.05) is 66.7 Å². The molecular formula is C29H23ClF2N6. The van der Waals surface area contributed by atoms with Gasteiger partial charge in [0.15, 0.2) is 5.82 Å². The van der Waals surface area contributed by atoms with E-state index in [1.165, 1.54) is 29.2 Å². The molecule has 0 radical (unpaired) electrons. The number of H-pyrrole nitrogens is 1. The molecule has 2 aromatic heterocycles. The minimum Gasteiger partial charge on any atom is -0.341 e. The summed E-state index contributed by atoms with van der Waals surface area (Å²) >= 11 is 6.14. The zero-order valence-corrected chi connectivity index (χ0v) is 21.2. The minimum atomic E-state index is -0.580. The number of aromatic amines is 1. The number of hydrogen-bond acceptors (Lipinski definition) is 4. The number of rotatable bonds is 8. The molecule has 1 atom stereocenters. The fourth-order valence-electron chi connectivity index (χ4n) is 4.33. The number of imidazole rings is 1. The van der Waals surface area contributed by atoms with Crippen LogP contribution in [0.25, 0.3) is 22.3 Å². The first-order valence-electron chi connectivity index (χ1n) is 11.9. The van der Waals surface area contributed by atoms with Crippen LogP contribution in [0.2, 0.25) is 5.02 Å². The molecule has 0 aliphatic rings. The summed E-state index contributed by atoms with van der Waals surface area (Å²) in [5.74, 6) is -0.517. The summed E-state index contributed by atoms with van der Waals surface area (Å²) in [5, 5.41) is 11.2. The molecule has 0 unspecified atom stereocenters. The first-order valence-corrected chi connectivity index (χ1v) is 12.3. The minimum absolute atomic E-state index is 0.0140. The van der Waals surface area contributed by atoms with Gasteiger partial charge in [0.25, 0.3) is 0 Å². The fraction of sp³-hybridized carbons (Fsp3) is 0.103. The Kier molecular flexibility index (Phi) is 7.24. The maximum absolute atomic E-state index is 15.3. The summed E-state index contributed by atoms with van der Waals surface area (Å²) in [6, 6.07) is 17.5. The van der Waals surface area contributed by atoms with Gasteiger partial charge in [0.05, 0.1) is 21.7 Å². The Morgan fingerprint density at radius 3 is 2.66 bits per heavy atom. The second kappa shape index (κ2) is 10.9. The first kappa shape index (κ1) is 25.2. The quantitative estimate of drug-likeness (QED) is 0.220. The summed E-state index contributed by atoms with van der Waals surface area (Å²) < 4.78 is 30.5. The van der Waals surface area contributed by atoms with Crippen LogP contribution in [0.3, 0.4) is 0 Å². The Hall–Kier alpha value is -4.43. The highest BCUT2D eigenvalue weighted by molar-refractivity contribution is 6.31. The Morgan fingerprint density at radius 1 is 1.11 bits per heavy atom. The number of halogens is 3. The highest BCUT2D eigenvalue weighted by Crippen LogP contribution is 2.33. The van der Waals surface area contributed by atoms with Crippen LogP contribution < -0.4 is 0 Å². The molecule has 0 fully saturated rings. The topological polar surface area (TPSA) is 72.3 Å². The zero-order valence-electron chi connectivity index (χ0n) is 20.4. The SMILES string of the molecule is C=C(/C=C\C(=C/C)c1c(-n2cnnn2)ccc(Cl)c1F)[C@@H](Cc1ccccc1)c1nc2cc(F)ccc2[nH]1. The highest BCUT2D eigenvalue weighted by atomic mass is 35.5. The molecule has 0 saturated heterocycles. The number of nitrogens with one attached hydrogen (secondary N) is 1. The predicted molar refractivity (Wildman–Crippen MR) is 145 cm³/mol. The van der Waals surface area contributed by atoms with E-state index in [0.717, 1.165) is 16.7 Å². The van der Waals surface area contributed by atoms with Crippen LogP contribution in [0.4, 0.5) is 8.78 Å². The Morgan fingerprint density at radius 2 is 1.92 bits per heavy atom. The summed E-state index contributed by atoms with van der Waals surface area (Å²) in [6.07, 6.45) is 7.40. The van der Waals surface area contributed by atoms with E-state index in [-0.39, 0.29) is 22.3 Å². The summed E-state index contributed by atoms with van der Waals surface area (Å²) in [7, 11) is 0. The number of nitrogens with zero attached hydrogens (tertiary/aromatic N) is 5. The molecule has 0 aliphatic heterocycles. The van der Waals surface area contributed by atoms with Gasteiger partial charge < -0.3 is 4.98 Å². The average Bonchev–Trinajstić information content (AvgIpc) is 3.60. The van der Waals surface area contributed by atoms with Crippen molar-refractivity contribution < 1.29 is 8.78 Å². The van der Waals surface area contributed by atoms with E-state index in [0.29, 0.717) is 29.0 Å². The van der Waals surface area contributed by atoms with E-state index >= 15 is 4.39 Å². The molecule has 0 saturated carbocycles. The number of aromatic nitrogens is 6. The molecule has 9 heteroatoms. The van der Waals surface area contributed by atoms with E-state index in [9.17, 15) is 4.39 Å². The molecule has 38 heavy (non-hydrogen) atoms. The van der Waals surface area contributed by atoms with E-state index in [1.54, 1.807) is 31.2 Å². The highest BCUT2D eigenvalue weighted by Gasteiger charge is 2.21. The van der Waals surface area contributed by atoms with Gasteiger partial charge in [0, 0.05) is 17.5 Å². The van der Waals surface area contributed by atoms with Crippen molar-refractivity contribution in [3.8, 4) is 5.69 Å². The van der Waals surface area contributed by atoms with Crippen LogP contribution in [0, 0.1) is 11.6 Å². The van der Waals surface area contributed by atoms with Crippen LogP contribution in [0.1, 0.15) is 29.8 Å². The molecule has 2 heterocycles. The molecule has 0 aliphatic carbocycles. The smallest absolute Gasteiger partial charge is 0.151 e. The molecule has 3 aromatic carbocycles. The normalized spacial score (nSPS) is 12.9. The van der Waals surface area contributed by atoms with Crippen molar-refractivity contribution in [3.63, 3.8) is 0 Å². The largest absolute Gasteiger partial charge is 0.341 e. The second-order valence-electron chi connectivity index (χ2n) is 8.69. The van der Waals surface area contributed by atoms with Crippen molar-refractivity contribution in [1.29, 1.82) is 0 Å². The number of tetrazole rings is 1. The fourth-order valence-corrected chi connectivity index (χ4v) is 4.49. The molecule has 0 spiro atoms. The number of fused-ring (bicyclic) bond motifs is 1. The number of benzene rings is 3. The molecular weight excluding hydrogens is 506 g/mol. The monoisotopic (exact) mass is 528 g/mol. The Labute approximate surface area is 223 Å². The third kappa shape index (κ3) is 5.17. The Bertz CT molecular complexity index is 1660. The summed E-state index contributed by atoms with van der Waals surface area (Å²) in [4.78, 5) is 7.97. The van der Waals surface area contributed by atoms with E-state index in [4.69, 9.17) is 11.6 Å². The maximum Gasteiger partial charge on any atom is 0.151 e. The summed E-state index contributed by atoms with van der Waals surface area (Å²) in [6.45, 7) is 6.13. The standard InChI is InChI=1S/C29H23ClF2N6/c1-3-20(27-26(38-17-33-36-37-38)14-12-23(30)28(27)32)10-9-18(2)22(15-19-7-5-4-6-8-19)29-34-24-13-11-21(31)16-25(24)35-29/h3-14,16-17,22H,2,15H2,1H3,(H,34,35)/b10-9-,20-3+/t22-/m1/s1. The van der Waals surface area contributed by atoms with Crippen molar-refractivity contribution in [2.75, 3.05) is 0 Å². The van der Waals surface area contributed by atoms with Crippen molar-refractivity contribution in [3.05, 3.63) is 131 Å². The van der Waals surface area contributed by atoms with E-state index in [1.807, 2.05) is 36.4 Å². The molecule has 0 amide bonds. The lowest BCUT2D eigenvalue weighted by molar-refractivity contribution is 0.621. The third-order valence-corrected chi connectivity index (χ3v) is 6.56. The third-order valence-electron chi connectivity index (χ3n) is 6.27. The average molecular weight is 529 g/mol. The van der Waals surface area contributed by atoms with Crippen LogP contribution in [0.15, 0.2) is 97.4 Å². The predicted octanol–water partition coefficient (Wildman–Crippen LogP) is 7.01. The lowest BCUT2D eigenvalue weighted by Crippen LogP contribution is -2.07. The molecule has 190 valence electrons. The van der Waals surface area contributed by atoms with Crippen molar-refractivity contribution in [2.45, 2.75) is 19.3 Å². The number of allylic oxidation sites excluding steroid dienone is 5. The first-order chi connectivity index (χ1) is 18.4. The van der Waals surface area contributed by atoms with Gasteiger partial charge in [-0.05, 0) is 64.7 Å². The molecule has 5 aromatic rings. The van der Waals surface area contributed by atoms with Crippen molar-refractivity contribution in [2.24, 2.45) is 0 Å². The van der Waals surface area contributed by atoms with Crippen LogP contribution in [-0.2, 0) is 6.42 Å². The van der Waals surface area contributed by atoms with Gasteiger partial charge in [-0.25, -0.2) is 13.8 Å². The van der Waals surface area contributed by atoms with Gasteiger partial charge in [-0.3, -0.25) is 0 Å². The van der Waals surface area contributed by atoms with Crippen LogP contribution >= 0.6 is 11.6 Å². The Balaban J connectivity index is 1.52. The zero-order chi connectivity index (χ0) is 26.6. The van der Waals surface area contributed by atoms with Crippen LogP contribution in [-0.4, -0.2) is 30.2 Å². The molecule has 0 bridgehead atoms. The molecule has 1 N–H and O–H groups in total. The summed E-state index contributed by atoms with van der Waals surface area (Å²) in [5.41, 5.74) is 4.37. The van der Waals surface area contributed by atoms with Gasteiger partial charge in [-0.15, -0.1) is 5.10 Å². The van der Waals surface area contributed by atoms with Crippen LogP contribution in [0.5, 0.6) is 0 Å². The van der Waals surface area contributed by atoms with Crippen molar-refractivity contribution >= 4 is 28.2 Å². The van der Waals surface area contributed by atoms with Crippen molar-refractivity contribution in [1.82, 2.24) is 30.2 Å².